The minimum absolute atomic E-state index is 0.206. The maximum absolute atomic E-state index is 9.07. The van der Waals surface area contributed by atoms with E-state index in [0.717, 1.165) is 30.8 Å². The number of hydrazine groups is 1. The Bertz CT molecular complexity index is 408. The van der Waals surface area contributed by atoms with E-state index < -0.39 is 0 Å². The molecule has 1 heterocycles. The Balaban J connectivity index is 2.28. The molecule has 4 N–H and O–H groups in total. The van der Waals surface area contributed by atoms with Crippen molar-refractivity contribution in [3.05, 3.63) is 11.9 Å². The fraction of sp³-hybridized carbons (Fsp3) is 0.692. The van der Waals surface area contributed by atoms with Gasteiger partial charge in [-0.15, -0.1) is 0 Å². The first-order chi connectivity index (χ1) is 9.31. The van der Waals surface area contributed by atoms with Gasteiger partial charge in [-0.3, -0.25) is 0 Å². The molecule has 0 atom stereocenters. The normalized spacial score (nSPS) is 15.1. The van der Waals surface area contributed by atoms with E-state index in [2.05, 4.69) is 27.2 Å². The van der Waals surface area contributed by atoms with Crippen LogP contribution in [0.4, 0.5) is 11.6 Å². The van der Waals surface area contributed by atoms with Crippen LogP contribution in [0.5, 0.6) is 0 Å². The first-order valence-electron chi connectivity index (χ1n) is 6.99. The molecule has 6 heteroatoms. The second kappa shape index (κ2) is 6.68. The van der Waals surface area contributed by atoms with E-state index in [0.29, 0.717) is 11.9 Å². The molecule has 1 aliphatic rings. The first-order valence-corrected chi connectivity index (χ1v) is 6.99. The summed E-state index contributed by atoms with van der Waals surface area (Å²) in [5.74, 6) is 7.18. The lowest BCUT2D eigenvalue weighted by molar-refractivity contribution is 0.282. The van der Waals surface area contributed by atoms with Crippen LogP contribution in [-0.4, -0.2) is 34.3 Å². The Labute approximate surface area is 114 Å². The number of aromatic nitrogens is 2. The van der Waals surface area contributed by atoms with Crippen LogP contribution in [0.25, 0.3) is 0 Å². The van der Waals surface area contributed by atoms with E-state index in [4.69, 9.17) is 10.9 Å². The van der Waals surface area contributed by atoms with Crippen molar-refractivity contribution in [2.45, 2.75) is 45.1 Å². The summed E-state index contributed by atoms with van der Waals surface area (Å²) < 4.78 is 0. The number of rotatable bonds is 7. The summed E-state index contributed by atoms with van der Waals surface area (Å²) in [6, 6.07) is 0.539. The van der Waals surface area contributed by atoms with Crippen molar-refractivity contribution in [3.8, 4) is 0 Å². The lowest BCUT2D eigenvalue weighted by Gasteiger charge is -2.39. The molecular formula is C13H23N5O. The molecule has 0 radical (unpaired) electrons. The van der Waals surface area contributed by atoms with Crippen molar-refractivity contribution >= 4 is 11.6 Å². The molecule has 2 rings (SSSR count). The third kappa shape index (κ3) is 2.96. The Hall–Kier alpha value is -1.40. The van der Waals surface area contributed by atoms with E-state index in [1.807, 2.05) is 0 Å². The Morgan fingerprint density at radius 1 is 1.47 bits per heavy atom. The lowest BCUT2D eigenvalue weighted by atomic mass is 9.91. The van der Waals surface area contributed by atoms with E-state index in [9.17, 15) is 0 Å². The van der Waals surface area contributed by atoms with Crippen LogP contribution in [-0.2, 0) is 6.42 Å². The Morgan fingerprint density at radius 3 is 2.79 bits per heavy atom. The molecule has 0 unspecified atom stereocenters. The lowest BCUT2D eigenvalue weighted by Crippen LogP contribution is -2.42. The molecule has 1 saturated carbocycles. The second-order valence-corrected chi connectivity index (χ2v) is 4.88. The van der Waals surface area contributed by atoms with Crippen molar-refractivity contribution in [2.75, 3.05) is 23.5 Å². The van der Waals surface area contributed by atoms with Crippen LogP contribution in [0.15, 0.2) is 6.33 Å². The van der Waals surface area contributed by atoms with Gasteiger partial charge < -0.3 is 15.4 Å². The average molecular weight is 265 g/mol. The highest BCUT2D eigenvalue weighted by Crippen LogP contribution is 2.32. The minimum atomic E-state index is 0.206. The van der Waals surface area contributed by atoms with Crippen LogP contribution in [0.3, 0.4) is 0 Å². The summed E-state index contributed by atoms with van der Waals surface area (Å²) in [6.45, 7) is 3.11. The summed E-state index contributed by atoms with van der Waals surface area (Å²) in [4.78, 5) is 10.9. The average Bonchev–Trinajstić information content (AvgIpc) is 2.40. The largest absolute Gasteiger partial charge is 0.396 e. The van der Waals surface area contributed by atoms with Crippen molar-refractivity contribution < 1.29 is 5.11 Å². The van der Waals surface area contributed by atoms with Gasteiger partial charge in [0.05, 0.1) is 0 Å². The van der Waals surface area contributed by atoms with E-state index in [-0.39, 0.29) is 6.61 Å². The standard InChI is InChI=1S/C13H23N5O/c1-2-11-12(17-14)15-9-16-13(11)18(7-4-8-19)10-5-3-6-10/h9-10,19H,2-8,14H2,1H3,(H,15,16,17). The molecule has 0 amide bonds. The summed E-state index contributed by atoms with van der Waals surface area (Å²) in [5, 5.41) is 9.07. The van der Waals surface area contributed by atoms with E-state index >= 15 is 0 Å². The summed E-state index contributed by atoms with van der Waals surface area (Å²) in [6.07, 6.45) is 6.81. The van der Waals surface area contributed by atoms with E-state index in [1.54, 1.807) is 6.33 Å². The highest BCUT2D eigenvalue weighted by atomic mass is 16.3. The van der Waals surface area contributed by atoms with Crippen LogP contribution in [0, 0.1) is 0 Å². The highest BCUT2D eigenvalue weighted by molar-refractivity contribution is 5.59. The summed E-state index contributed by atoms with van der Waals surface area (Å²) in [5.41, 5.74) is 3.70. The second-order valence-electron chi connectivity index (χ2n) is 4.88. The predicted octanol–water partition coefficient (Wildman–Crippen LogP) is 1.07. The van der Waals surface area contributed by atoms with Gasteiger partial charge in [0.2, 0.25) is 0 Å². The minimum Gasteiger partial charge on any atom is -0.396 e. The predicted molar refractivity (Wildman–Crippen MR) is 75.9 cm³/mol. The van der Waals surface area contributed by atoms with Crippen LogP contribution >= 0.6 is 0 Å². The molecule has 1 fully saturated rings. The maximum Gasteiger partial charge on any atom is 0.148 e. The number of aliphatic hydroxyl groups excluding tert-OH is 1. The van der Waals surface area contributed by atoms with Gasteiger partial charge in [0.15, 0.2) is 0 Å². The summed E-state index contributed by atoms with van der Waals surface area (Å²) >= 11 is 0. The molecule has 0 saturated heterocycles. The van der Waals surface area contributed by atoms with Gasteiger partial charge in [-0.25, -0.2) is 15.8 Å². The van der Waals surface area contributed by atoms with E-state index in [1.165, 1.54) is 19.3 Å². The number of nitrogens with one attached hydrogen (secondary N) is 1. The third-order valence-corrected chi connectivity index (χ3v) is 3.76. The third-order valence-electron chi connectivity index (χ3n) is 3.76. The maximum atomic E-state index is 9.07. The van der Waals surface area contributed by atoms with Gasteiger partial charge in [-0.2, -0.15) is 0 Å². The quantitative estimate of drug-likeness (QED) is 0.505. The van der Waals surface area contributed by atoms with Gasteiger partial charge in [0.25, 0.3) is 0 Å². The summed E-state index contributed by atoms with van der Waals surface area (Å²) in [7, 11) is 0. The van der Waals surface area contributed by atoms with Gasteiger partial charge >= 0.3 is 0 Å². The number of hydrogen-bond donors (Lipinski definition) is 3. The molecule has 6 nitrogen and oxygen atoms in total. The van der Waals surface area contributed by atoms with Crippen molar-refractivity contribution in [1.29, 1.82) is 0 Å². The molecular weight excluding hydrogens is 242 g/mol. The molecule has 19 heavy (non-hydrogen) atoms. The zero-order valence-electron chi connectivity index (χ0n) is 11.5. The monoisotopic (exact) mass is 265 g/mol. The van der Waals surface area contributed by atoms with Crippen molar-refractivity contribution in [3.63, 3.8) is 0 Å². The molecule has 0 aliphatic heterocycles. The number of nitrogen functional groups attached to an aromatic ring is 1. The van der Waals surface area contributed by atoms with Gasteiger partial charge in [-0.1, -0.05) is 6.92 Å². The zero-order chi connectivity index (χ0) is 13.7. The van der Waals surface area contributed by atoms with Crippen molar-refractivity contribution in [1.82, 2.24) is 9.97 Å². The highest BCUT2D eigenvalue weighted by Gasteiger charge is 2.27. The number of anilines is 2. The molecule has 106 valence electrons. The number of nitrogens with two attached hydrogens (primary N) is 1. The Kier molecular flexibility index (Phi) is 4.93. The smallest absolute Gasteiger partial charge is 0.148 e. The van der Waals surface area contributed by atoms with Crippen LogP contribution in [0.2, 0.25) is 0 Å². The molecule has 0 aromatic carbocycles. The molecule has 1 aliphatic carbocycles. The SMILES string of the molecule is CCc1c(NN)ncnc1N(CCCO)C1CCC1. The molecule has 1 aromatic heterocycles. The van der Waals surface area contributed by atoms with Crippen molar-refractivity contribution in [2.24, 2.45) is 5.84 Å². The molecule has 0 bridgehead atoms. The Morgan fingerprint density at radius 2 is 2.26 bits per heavy atom. The van der Waals surface area contributed by atoms with Gasteiger partial charge in [0, 0.05) is 24.8 Å². The zero-order valence-corrected chi connectivity index (χ0v) is 11.5. The molecule has 1 aromatic rings. The van der Waals surface area contributed by atoms with Crippen LogP contribution in [0.1, 0.15) is 38.2 Å². The molecule has 0 spiro atoms. The number of aliphatic hydroxyl groups is 1. The van der Waals surface area contributed by atoms with Crippen LogP contribution < -0.4 is 16.2 Å². The topological polar surface area (TPSA) is 87.3 Å². The first kappa shape index (κ1) is 14.0. The van der Waals surface area contributed by atoms with Gasteiger partial charge in [-0.05, 0) is 32.1 Å². The fourth-order valence-corrected chi connectivity index (χ4v) is 2.50. The fourth-order valence-electron chi connectivity index (χ4n) is 2.50. The number of hydrogen-bond acceptors (Lipinski definition) is 6. The van der Waals surface area contributed by atoms with Gasteiger partial charge in [0.1, 0.15) is 18.0 Å². The number of nitrogens with zero attached hydrogens (tertiary/aromatic N) is 3.